The molecule has 1 atom stereocenters. The Labute approximate surface area is 135 Å². The van der Waals surface area contributed by atoms with E-state index in [9.17, 15) is 4.57 Å². The zero-order chi connectivity index (χ0) is 14.5. The second-order valence-corrected chi connectivity index (χ2v) is 11.6. The van der Waals surface area contributed by atoms with Gasteiger partial charge in [-0.15, -0.1) is 0 Å². The van der Waals surface area contributed by atoms with Crippen LogP contribution in [0.3, 0.4) is 0 Å². The molecule has 0 radical (unpaired) electrons. The Hall–Kier alpha value is 1.02. The smallest absolute Gasteiger partial charge is 0.306 e. The lowest BCUT2D eigenvalue weighted by molar-refractivity contribution is -0.0838. The first-order chi connectivity index (χ1) is 9.32. The van der Waals surface area contributed by atoms with Crippen LogP contribution >= 0.6 is 42.4 Å². The first-order valence-corrected chi connectivity index (χ1v) is 10.00. The van der Waals surface area contributed by atoms with Crippen molar-refractivity contribution < 1.29 is 13.6 Å². The molecular weight excluding hydrogens is 341 g/mol. The molecule has 4 fully saturated rings. The minimum atomic E-state index is -3.73. The second-order valence-electron chi connectivity index (χ2n) is 6.38. The highest BCUT2D eigenvalue weighted by molar-refractivity contribution is 7.62. The molecule has 0 amide bonds. The maximum absolute atomic E-state index is 12.8. The molecule has 4 bridgehead atoms. The normalized spacial score (nSPS) is 42.7. The van der Waals surface area contributed by atoms with Gasteiger partial charge >= 0.3 is 7.60 Å². The van der Waals surface area contributed by atoms with Gasteiger partial charge in [-0.05, 0) is 62.7 Å². The van der Waals surface area contributed by atoms with Crippen molar-refractivity contribution in [3.8, 4) is 0 Å². The van der Waals surface area contributed by atoms with Gasteiger partial charge in [0.25, 0.3) is 3.53 Å². The zero-order valence-corrected chi connectivity index (χ0v) is 14.6. The van der Waals surface area contributed by atoms with Crippen LogP contribution in [0.4, 0.5) is 0 Å². The molecule has 4 aliphatic carbocycles. The van der Waals surface area contributed by atoms with Crippen LogP contribution in [-0.4, -0.2) is 16.2 Å². The summed E-state index contributed by atoms with van der Waals surface area (Å²) in [6.07, 6.45) is 5.91. The van der Waals surface area contributed by atoms with Crippen LogP contribution in [0.1, 0.15) is 39.0 Å². The fraction of sp³-hybridized carbons (Fsp3) is 1.00. The topological polar surface area (TPSA) is 35.5 Å². The van der Waals surface area contributed by atoms with E-state index in [-0.39, 0.29) is 12.7 Å². The van der Waals surface area contributed by atoms with Crippen molar-refractivity contribution in [3.05, 3.63) is 0 Å². The van der Waals surface area contributed by atoms with E-state index in [2.05, 4.69) is 0 Å². The van der Waals surface area contributed by atoms with Crippen molar-refractivity contribution in [3.63, 3.8) is 0 Å². The summed E-state index contributed by atoms with van der Waals surface area (Å²) in [4.78, 5) is 0. The molecule has 4 aliphatic rings. The van der Waals surface area contributed by atoms with E-state index in [1.165, 1.54) is 6.42 Å². The standard InChI is InChI=1S/C13H20Cl3O3P/c1-2-18-20(17,13(14,15)16)19-12-10-4-8-3-9(6-10)7-11(12)5-8/h8-12H,2-7H2,1H3. The number of halogens is 3. The first-order valence-electron chi connectivity index (χ1n) is 7.32. The summed E-state index contributed by atoms with van der Waals surface area (Å²) in [5, 5.41) is 0. The van der Waals surface area contributed by atoms with Crippen LogP contribution in [0.15, 0.2) is 0 Å². The summed E-state index contributed by atoms with van der Waals surface area (Å²) < 4.78 is 21.9. The van der Waals surface area contributed by atoms with E-state index in [1.54, 1.807) is 6.92 Å². The Bertz CT molecular complexity index is 396. The maximum Gasteiger partial charge on any atom is 0.382 e. The van der Waals surface area contributed by atoms with E-state index in [0.29, 0.717) is 11.8 Å². The van der Waals surface area contributed by atoms with Crippen LogP contribution < -0.4 is 0 Å². The van der Waals surface area contributed by atoms with Gasteiger partial charge in [0.15, 0.2) is 0 Å². The van der Waals surface area contributed by atoms with E-state index < -0.39 is 11.1 Å². The van der Waals surface area contributed by atoms with Crippen molar-refractivity contribution in [1.29, 1.82) is 0 Å². The summed E-state index contributed by atoms with van der Waals surface area (Å²) in [5.74, 6) is 2.54. The van der Waals surface area contributed by atoms with Gasteiger partial charge in [-0.1, -0.05) is 34.8 Å². The predicted octanol–water partition coefficient (Wildman–Crippen LogP) is 5.39. The van der Waals surface area contributed by atoms with E-state index >= 15 is 0 Å². The fourth-order valence-corrected chi connectivity index (χ4v) is 6.67. The third kappa shape index (κ3) is 2.79. The van der Waals surface area contributed by atoms with Crippen molar-refractivity contribution >= 4 is 42.4 Å². The highest BCUT2D eigenvalue weighted by Gasteiger charge is 2.55. The summed E-state index contributed by atoms with van der Waals surface area (Å²) in [5.41, 5.74) is 0. The van der Waals surface area contributed by atoms with Gasteiger partial charge in [0.2, 0.25) is 0 Å². The first kappa shape index (κ1) is 15.9. The molecule has 0 spiro atoms. The summed E-state index contributed by atoms with van der Waals surface area (Å²) >= 11 is 17.6. The maximum atomic E-state index is 12.8. The van der Waals surface area contributed by atoms with Gasteiger partial charge in [0.05, 0.1) is 12.7 Å². The third-order valence-electron chi connectivity index (χ3n) is 5.01. The van der Waals surface area contributed by atoms with Crippen molar-refractivity contribution in [2.75, 3.05) is 6.61 Å². The average molecular weight is 362 g/mol. The summed E-state index contributed by atoms with van der Waals surface area (Å²) in [6.45, 7) is 1.93. The Morgan fingerprint density at radius 2 is 1.55 bits per heavy atom. The third-order valence-corrected chi connectivity index (χ3v) is 8.61. The van der Waals surface area contributed by atoms with Crippen LogP contribution in [0.25, 0.3) is 0 Å². The predicted molar refractivity (Wildman–Crippen MR) is 81.4 cm³/mol. The molecule has 0 saturated heterocycles. The molecule has 3 nitrogen and oxygen atoms in total. The molecule has 116 valence electrons. The molecule has 0 aliphatic heterocycles. The number of alkyl halides is 3. The molecule has 4 rings (SSSR count). The van der Waals surface area contributed by atoms with Gasteiger partial charge in [0, 0.05) is 0 Å². The summed E-state index contributed by atoms with van der Waals surface area (Å²) in [6, 6.07) is 0. The monoisotopic (exact) mass is 360 g/mol. The van der Waals surface area contributed by atoms with Gasteiger partial charge in [-0.2, -0.15) is 0 Å². The van der Waals surface area contributed by atoms with Crippen molar-refractivity contribution in [2.45, 2.75) is 48.7 Å². The minimum Gasteiger partial charge on any atom is -0.306 e. The second kappa shape index (κ2) is 5.58. The fourth-order valence-electron chi connectivity index (χ4n) is 4.54. The Balaban J connectivity index is 1.78. The highest BCUT2D eigenvalue weighted by Crippen LogP contribution is 2.69. The molecule has 0 aromatic rings. The molecular formula is C13H20Cl3O3P. The van der Waals surface area contributed by atoms with Crippen molar-refractivity contribution in [1.82, 2.24) is 0 Å². The largest absolute Gasteiger partial charge is 0.382 e. The zero-order valence-electron chi connectivity index (χ0n) is 11.4. The van der Waals surface area contributed by atoms with Crippen LogP contribution in [0, 0.1) is 23.7 Å². The molecule has 20 heavy (non-hydrogen) atoms. The number of hydrogen-bond acceptors (Lipinski definition) is 3. The van der Waals surface area contributed by atoms with E-state index in [4.69, 9.17) is 43.9 Å². The SMILES string of the molecule is CCOP(=O)(OC1C2CC3CC(C2)CC1C3)C(Cl)(Cl)Cl. The van der Waals surface area contributed by atoms with Gasteiger partial charge in [0.1, 0.15) is 0 Å². The number of rotatable bonds is 4. The Morgan fingerprint density at radius 3 is 1.95 bits per heavy atom. The minimum absolute atomic E-state index is 0.0733. The molecule has 4 saturated carbocycles. The lowest BCUT2D eigenvalue weighted by atomic mass is 9.55. The quantitative estimate of drug-likeness (QED) is 0.498. The lowest BCUT2D eigenvalue weighted by Crippen LogP contribution is -2.49. The summed E-state index contributed by atoms with van der Waals surface area (Å²) in [7, 11) is -3.73. The molecule has 0 N–H and O–H groups in total. The Morgan fingerprint density at radius 1 is 1.05 bits per heavy atom. The number of hydrogen-bond donors (Lipinski definition) is 0. The van der Waals surface area contributed by atoms with Crippen molar-refractivity contribution in [2.24, 2.45) is 23.7 Å². The van der Waals surface area contributed by atoms with Crippen LogP contribution in [0.2, 0.25) is 0 Å². The molecule has 0 aromatic heterocycles. The van der Waals surface area contributed by atoms with Crippen LogP contribution in [-0.2, 0) is 13.6 Å². The molecule has 1 unspecified atom stereocenters. The Kier molecular flexibility index (Phi) is 4.44. The van der Waals surface area contributed by atoms with Crippen LogP contribution in [0.5, 0.6) is 0 Å². The molecule has 0 aromatic carbocycles. The average Bonchev–Trinajstić information content (AvgIpc) is 2.32. The lowest BCUT2D eigenvalue weighted by Gasteiger charge is -2.54. The highest BCUT2D eigenvalue weighted by atomic mass is 35.6. The van der Waals surface area contributed by atoms with Gasteiger partial charge in [-0.3, -0.25) is 4.57 Å². The molecule has 0 heterocycles. The van der Waals surface area contributed by atoms with E-state index in [0.717, 1.165) is 37.5 Å². The van der Waals surface area contributed by atoms with Gasteiger partial charge < -0.3 is 9.05 Å². The molecule has 7 heteroatoms. The van der Waals surface area contributed by atoms with Gasteiger partial charge in [-0.25, -0.2) is 0 Å². The van der Waals surface area contributed by atoms with E-state index in [1.807, 2.05) is 0 Å².